The van der Waals surface area contributed by atoms with Gasteiger partial charge in [-0.25, -0.2) is 4.79 Å². The Bertz CT molecular complexity index is 1130. The summed E-state index contributed by atoms with van der Waals surface area (Å²) in [7, 11) is 1.17. The maximum Gasteiger partial charge on any atom is 0.416 e. The molecule has 1 atom stereocenters. The van der Waals surface area contributed by atoms with Gasteiger partial charge in [0.1, 0.15) is 6.04 Å². The number of hydrogen-bond acceptors (Lipinski definition) is 3. The molecule has 0 radical (unpaired) electrons. The van der Waals surface area contributed by atoms with Crippen molar-refractivity contribution in [2.75, 3.05) is 7.11 Å². The monoisotopic (exact) mass is 439 g/mol. The number of carbonyl (C=O) groups excluding carboxylic acids is 2. The quantitative estimate of drug-likeness (QED) is 0.586. The Morgan fingerprint density at radius 1 is 0.938 bits per heavy atom. The van der Waals surface area contributed by atoms with Crippen LogP contribution in [0.1, 0.15) is 28.2 Å². The lowest BCUT2D eigenvalue weighted by molar-refractivity contribution is -0.145. The molecule has 3 aromatic carbocycles. The molecule has 32 heavy (non-hydrogen) atoms. The van der Waals surface area contributed by atoms with Gasteiger partial charge in [0, 0.05) is 6.42 Å². The first-order chi connectivity index (χ1) is 15.3. The molecule has 4 rings (SSSR count). The number of ether oxygens (including phenoxy) is 1. The molecule has 1 aliphatic rings. The highest BCUT2D eigenvalue weighted by Crippen LogP contribution is 2.44. The number of carbonyl (C=O) groups is 2. The van der Waals surface area contributed by atoms with Crippen molar-refractivity contribution in [3.8, 4) is 11.1 Å². The number of methoxy groups -OCH3 is 1. The van der Waals surface area contributed by atoms with Crippen molar-refractivity contribution < 1.29 is 27.5 Å². The molecule has 0 saturated carbocycles. The maximum atomic E-state index is 13.3. The number of rotatable bonds is 5. The predicted molar refractivity (Wildman–Crippen MR) is 113 cm³/mol. The smallest absolute Gasteiger partial charge is 0.416 e. The minimum absolute atomic E-state index is 0.127. The Labute approximate surface area is 183 Å². The molecule has 0 saturated heterocycles. The van der Waals surface area contributed by atoms with Crippen molar-refractivity contribution in [2.45, 2.75) is 24.6 Å². The predicted octanol–water partition coefficient (Wildman–Crippen LogP) is 4.72. The van der Waals surface area contributed by atoms with Crippen LogP contribution in [0.5, 0.6) is 0 Å². The molecule has 1 aliphatic carbocycles. The van der Waals surface area contributed by atoms with Gasteiger partial charge in [0.15, 0.2) is 0 Å². The average molecular weight is 439 g/mol. The van der Waals surface area contributed by atoms with Crippen LogP contribution >= 0.6 is 0 Å². The van der Waals surface area contributed by atoms with Crippen LogP contribution in [0.3, 0.4) is 0 Å². The van der Waals surface area contributed by atoms with Crippen molar-refractivity contribution >= 4 is 11.9 Å². The first-order valence-corrected chi connectivity index (χ1v) is 10.0. The molecule has 3 aromatic rings. The van der Waals surface area contributed by atoms with Crippen molar-refractivity contribution in [2.24, 2.45) is 0 Å². The van der Waals surface area contributed by atoms with Gasteiger partial charge in [-0.2, -0.15) is 13.2 Å². The highest BCUT2D eigenvalue weighted by Gasteiger charge is 2.36. The van der Waals surface area contributed by atoms with Crippen LogP contribution in [-0.4, -0.2) is 25.0 Å². The molecule has 0 unspecified atom stereocenters. The lowest BCUT2D eigenvalue weighted by Crippen LogP contribution is -2.45. The molecule has 0 fully saturated rings. The number of amides is 1. The van der Waals surface area contributed by atoms with E-state index in [-0.39, 0.29) is 12.0 Å². The molecule has 164 valence electrons. The minimum Gasteiger partial charge on any atom is -0.467 e. The van der Waals surface area contributed by atoms with Crippen LogP contribution in [0.2, 0.25) is 0 Å². The van der Waals surface area contributed by atoms with Gasteiger partial charge in [-0.15, -0.1) is 0 Å². The molecule has 0 spiro atoms. The number of benzene rings is 3. The Kier molecular flexibility index (Phi) is 5.74. The molecular weight excluding hydrogens is 419 g/mol. The maximum absolute atomic E-state index is 13.3. The third-order valence-electron chi connectivity index (χ3n) is 5.59. The second-order valence-electron chi connectivity index (χ2n) is 7.59. The van der Waals surface area contributed by atoms with Gasteiger partial charge < -0.3 is 10.1 Å². The SMILES string of the molecule is COC(=O)[C@H](Cc1cccc(C(F)(F)F)c1)NC(=O)C1c2ccccc2-c2ccccc21. The van der Waals surface area contributed by atoms with E-state index in [4.69, 9.17) is 4.74 Å². The normalized spacial score (nSPS) is 13.8. The molecule has 1 amide bonds. The van der Waals surface area contributed by atoms with Gasteiger partial charge in [0.05, 0.1) is 18.6 Å². The van der Waals surface area contributed by atoms with Crippen molar-refractivity contribution in [1.29, 1.82) is 0 Å². The Morgan fingerprint density at radius 3 is 2.09 bits per heavy atom. The number of nitrogens with one attached hydrogen (secondary N) is 1. The van der Waals surface area contributed by atoms with Crippen molar-refractivity contribution in [3.05, 3.63) is 95.1 Å². The van der Waals surface area contributed by atoms with E-state index in [0.29, 0.717) is 0 Å². The van der Waals surface area contributed by atoms with E-state index in [0.717, 1.165) is 34.4 Å². The molecule has 1 N–H and O–H groups in total. The Hall–Kier alpha value is -3.61. The first-order valence-electron chi connectivity index (χ1n) is 10.0. The largest absolute Gasteiger partial charge is 0.467 e. The highest BCUT2D eigenvalue weighted by atomic mass is 19.4. The lowest BCUT2D eigenvalue weighted by atomic mass is 9.95. The Balaban J connectivity index is 1.62. The van der Waals surface area contributed by atoms with E-state index in [1.54, 1.807) is 0 Å². The van der Waals surface area contributed by atoms with E-state index in [1.165, 1.54) is 19.2 Å². The minimum atomic E-state index is -4.50. The summed E-state index contributed by atoms with van der Waals surface area (Å²) < 4.78 is 44.0. The van der Waals surface area contributed by atoms with Crippen molar-refractivity contribution in [1.82, 2.24) is 5.32 Å². The molecule has 0 heterocycles. The lowest BCUT2D eigenvalue weighted by Gasteiger charge is -2.21. The fraction of sp³-hybridized carbons (Fsp3) is 0.200. The summed E-state index contributed by atoms with van der Waals surface area (Å²) in [5.74, 6) is -1.77. The second kappa shape index (κ2) is 8.49. The molecule has 0 aromatic heterocycles. The van der Waals surface area contributed by atoms with Crippen LogP contribution < -0.4 is 5.32 Å². The van der Waals surface area contributed by atoms with Gasteiger partial charge in [-0.05, 0) is 33.9 Å². The highest BCUT2D eigenvalue weighted by molar-refractivity contribution is 5.97. The first kappa shape index (κ1) is 21.6. The third-order valence-corrected chi connectivity index (χ3v) is 5.59. The van der Waals surface area contributed by atoms with E-state index in [1.807, 2.05) is 48.5 Å². The molecule has 7 heteroatoms. The molecular formula is C25H20F3NO3. The number of alkyl halides is 3. The number of fused-ring (bicyclic) bond motifs is 3. The molecule has 0 aliphatic heterocycles. The summed E-state index contributed by atoms with van der Waals surface area (Å²) in [5, 5.41) is 2.70. The zero-order valence-corrected chi connectivity index (χ0v) is 17.1. The van der Waals surface area contributed by atoms with Crippen LogP contribution in [0.25, 0.3) is 11.1 Å². The van der Waals surface area contributed by atoms with Crippen LogP contribution in [0.4, 0.5) is 13.2 Å². The van der Waals surface area contributed by atoms with E-state index in [2.05, 4.69) is 5.32 Å². The van der Waals surface area contributed by atoms with Gasteiger partial charge in [-0.1, -0.05) is 66.7 Å². The fourth-order valence-electron chi connectivity index (χ4n) is 4.14. The summed E-state index contributed by atoms with van der Waals surface area (Å²) in [4.78, 5) is 25.7. The summed E-state index contributed by atoms with van der Waals surface area (Å²) in [6.07, 6.45) is -4.63. The summed E-state index contributed by atoms with van der Waals surface area (Å²) in [6.45, 7) is 0. The van der Waals surface area contributed by atoms with Gasteiger partial charge in [-0.3, -0.25) is 4.79 Å². The summed E-state index contributed by atoms with van der Waals surface area (Å²) in [5.41, 5.74) is 2.96. The number of esters is 1. The zero-order chi connectivity index (χ0) is 22.9. The molecule has 0 bridgehead atoms. The number of halogens is 3. The Morgan fingerprint density at radius 2 is 1.53 bits per heavy atom. The topological polar surface area (TPSA) is 55.4 Å². The van der Waals surface area contributed by atoms with Crippen LogP contribution in [0, 0.1) is 0 Å². The van der Waals surface area contributed by atoms with E-state index >= 15 is 0 Å². The zero-order valence-electron chi connectivity index (χ0n) is 17.1. The standard InChI is InChI=1S/C25H20F3NO3/c1-32-24(31)21(14-15-7-6-8-16(13-15)25(26,27)28)29-23(30)22-19-11-4-2-9-17(19)18-10-3-5-12-20(18)22/h2-13,21-22H,14H2,1H3,(H,29,30)/t21-/m0/s1. The summed E-state index contributed by atoms with van der Waals surface area (Å²) >= 11 is 0. The van der Waals surface area contributed by atoms with Gasteiger partial charge >= 0.3 is 12.1 Å². The van der Waals surface area contributed by atoms with Crippen LogP contribution in [-0.2, 0) is 26.9 Å². The molecule has 4 nitrogen and oxygen atoms in total. The van der Waals surface area contributed by atoms with Crippen molar-refractivity contribution in [3.63, 3.8) is 0 Å². The van der Waals surface area contributed by atoms with Crippen LogP contribution in [0.15, 0.2) is 72.8 Å². The van der Waals surface area contributed by atoms with E-state index < -0.39 is 35.6 Å². The van der Waals surface area contributed by atoms with E-state index in [9.17, 15) is 22.8 Å². The fourth-order valence-corrected chi connectivity index (χ4v) is 4.14. The average Bonchev–Trinajstić information content (AvgIpc) is 3.12. The van der Waals surface area contributed by atoms with Gasteiger partial charge in [0.2, 0.25) is 5.91 Å². The third kappa shape index (κ3) is 4.10. The second-order valence-corrected chi connectivity index (χ2v) is 7.59. The number of hydrogen-bond donors (Lipinski definition) is 1. The van der Waals surface area contributed by atoms with Gasteiger partial charge in [0.25, 0.3) is 0 Å². The summed E-state index contributed by atoms with van der Waals surface area (Å²) in [6, 6.07) is 18.6.